The molecule has 0 fully saturated rings. The van der Waals surface area contributed by atoms with Crippen molar-refractivity contribution in [3.8, 4) is 0 Å². The number of methoxy groups -OCH3 is 1. The minimum atomic E-state index is -0.580. The Labute approximate surface area is 122 Å². The molecule has 1 aromatic heterocycles. The first-order chi connectivity index (χ1) is 9.26. The number of rotatable bonds is 4. The van der Waals surface area contributed by atoms with Crippen molar-refractivity contribution in [3.05, 3.63) is 16.5 Å². The Balaban J connectivity index is 2.67. The van der Waals surface area contributed by atoms with Gasteiger partial charge in [-0.1, -0.05) is 6.92 Å². The zero-order valence-corrected chi connectivity index (χ0v) is 13.1. The zero-order chi connectivity index (χ0) is 15.3. The van der Waals surface area contributed by atoms with Crippen LogP contribution in [0.4, 0.5) is 9.80 Å². The Morgan fingerprint density at radius 2 is 2.00 bits per heavy atom. The Morgan fingerprint density at radius 1 is 1.35 bits per heavy atom. The molecule has 0 saturated heterocycles. The van der Waals surface area contributed by atoms with Crippen molar-refractivity contribution in [1.29, 1.82) is 0 Å². The maximum atomic E-state index is 11.6. The van der Waals surface area contributed by atoms with Crippen molar-refractivity contribution < 1.29 is 19.1 Å². The number of hydrazine groups is 1. The van der Waals surface area contributed by atoms with Crippen molar-refractivity contribution in [2.24, 2.45) is 0 Å². The van der Waals surface area contributed by atoms with Gasteiger partial charge in [-0.3, -0.25) is 5.43 Å². The molecular weight excluding hydrogens is 280 g/mol. The molecule has 0 aromatic carbocycles. The number of hydrogen-bond acceptors (Lipinski definition) is 6. The minimum absolute atomic E-state index is 0.378. The predicted octanol–water partition coefficient (Wildman–Crippen LogP) is 2.95. The van der Waals surface area contributed by atoms with Crippen LogP contribution in [0.2, 0.25) is 0 Å². The molecule has 0 atom stereocenters. The Bertz CT molecular complexity index is 491. The monoisotopic (exact) mass is 300 g/mol. The molecule has 2 N–H and O–H groups in total. The highest BCUT2D eigenvalue weighted by molar-refractivity contribution is 7.18. The lowest BCUT2D eigenvalue weighted by molar-refractivity contribution is 0.0540. The van der Waals surface area contributed by atoms with Crippen LogP contribution in [0.3, 0.4) is 0 Å². The lowest BCUT2D eigenvalue weighted by atomic mass is 10.2. The molecule has 0 spiro atoms. The number of carbonyl (C=O) groups excluding carboxylic acids is 2. The van der Waals surface area contributed by atoms with Crippen LogP contribution in [0.15, 0.2) is 6.07 Å². The molecule has 20 heavy (non-hydrogen) atoms. The molecule has 0 aliphatic rings. The molecule has 0 unspecified atom stereocenters. The summed E-state index contributed by atoms with van der Waals surface area (Å²) >= 11 is 1.22. The van der Waals surface area contributed by atoms with E-state index in [1.54, 1.807) is 26.8 Å². The second-order valence-corrected chi connectivity index (χ2v) is 6.11. The molecule has 0 aliphatic heterocycles. The third kappa shape index (κ3) is 4.73. The molecule has 0 saturated carbocycles. The molecule has 1 rings (SSSR count). The SMILES string of the molecule is CCc1cc(NNC(=O)OC(C)(C)C)sc1C(=O)OC. The van der Waals surface area contributed by atoms with Gasteiger partial charge in [-0.05, 0) is 38.8 Å². The van der Waals surface area contributed by atoms with E-state index in [-0.39, 0.29) is 5.97 Å². The van der Waals surface area contributed by atoms with E-state index in [9.17, 15) is 9.59 Å². The van der Waals surface area contributed by atoms with E-state index in [4.69, 9.17) is 9.47 Å². The topological polar surface area (TPSA) is 76.7 Å². The minimum Gasteiger partial charge on any atom is -0.465 e. The molecule has 0 aliphatic carbocycles. The van der Waals surface area contributed by atoms with Gasteiger partial charge in [0.2, 0.25) is 0 Å². The highest BCUT2D eigenvalue weighted by atomic mass is 32.1. The average Bonchev–Trinajstić information content (AvgIpc) is 2.76. The van der Waals surface area contributed by atoms with Crippen molar-refractivity contribution in [2.75, 3.05) is 12.5 Å². The van der Waals surface area contributed by atoms with Crippen LogP contribution in [0, 0.1) is 0 Å². The Kier molecular flexibility index (Phi) is 5.38. The highest BCUT2D eigenvalue weighted by Crippen LogP contribution is 2.27. The summed E-state index contributed by atoms with van der Waals surface area (Å²) in [4.78, 5) is 23.6. The second kappa shape index (κ2) is 6.60. The van der Waals surface area contributed by atoms with Crippen LogP contribution in [0.1, 0.15) is 42.9 Å². The molecule has 0 bridgehead atoms. The first kappa shape index (κ1) is 16.3. The third-order valence-corrected chi connectivity index (χ3v) is 3.32. The Hall–Kier alpha value is -1.76. The van der Waals surface area contributed by atoms with Crippen LogP contribution in [0.5, 0.6) is 0 Å². The number of esters is 1. The largest absolute Gasteiger partial charge is 0.465 e. The van der Waals surface area contributed by atoms with Crippen LogP contribution in [0.25, 0.3) is 0 Å². The van der Waals surface area contributed by atoms with Gasteiger partial charge < -0.3 is 9.47 Å². The van der Waals surface area contributed by atoms with Crippen molar-refractivity contribution in [2.45, 2.75) is 39.7 Å². The van der Waals surface area contributed by atoms with Crippen molar-refractivity contribution in [1.82, 2.24) is 5.43 Å². The first-order valence-corrected chi connectivity index (χ1v) is 7.04. The normalized spacial score (nSPS) is 10.8. The van der Waals surface area contributed by atoms with Crippen LogP contribution < -0.4 is 10.9 Å². The number of aryl methyl sites for hydroxylation is 1. The zero-order valence-electron chi connectivity index (χ0n) is 12.3. The van der Waals surface area contributed by atoms with Crippen LogP contribution in [-0.4, -0.2) is 24.8 Å². The van der Waals surface area contributed by atoms with Gasteiger partial charge in [0.1, 0.15) is 15.5 Å². The highest BCUT2D eigenvalue weighted by Gasteiger charge is 2.18. The third-order valence-electron chi connectivity index (χ3n) is 2.25. The number of carbonyl (C=O) groups is 2. The van der Waals surface area contributed by atoms with Gasteiger partial charge in [0.25, 0.3) is 0 Å². The van der Waals surface area contributed by atoms with Gasteiger partial charge in [-0.2, -0.15) is 0 Å². The number of thiophene rings is 1. The average molecular weight is 300 g/mol. The number of nitrogens with one attached hydrogen (secondary N) is 2. The molecule has 1 aromatic rings. The van der Waals surface area contributed by atoms with E-state index < -0.39 is 11.7 Å². The van der Waals surface area contributed by atoms with E-state index in [1.807, 2.05) is 6.92 Å². The lowest BCUT2D eigenvalue weighted by Gasteiger charge is -2.19. The van der Waals surface area contributed by atoms with Gasteiger partial charge in [0, 0.05) is 0 Å². The number of hydrogen-bond donors (Lipinski definition) is 2. The molecule has 1 amide bonds. The summed E-state index contributed by atoms with van der Waals surface area (Å²) in [6.45, 7) is 7.28. The van der Waals surface area contributed by atoms with Crippen molar-refractivity contribution >= 4 is 28.4 Å². The predicted molar refractivity (Wildman–Crippen MR) is 78.0 cm³/mol. The maximum Gasteiger partial charge on any atom is 0.426 e. The fraction of sp³-hybridized carbons (Fsp3) is 0.538. The van der Waals surface area contributed by atoms with Gasteiger partial charge in [-0.15, -0.1) is 11.3 Å². The number of anilines is 1. The smallest absolute Gasteiger partial charge is 0.426 e. The quantitative estimate of drug-likeness (QED) is 0.660. The van der Waals surface area contributed by atoms with E-state index in [0.29, 0.717) is 16.3 Å². The summed E-state index contributed by atoms with van der Waals surface area (Å²) in [5, 5.41) is 0.646. The summed E-state index contributed by atoms with van der Waals surface area (Å²) < 4.78 is 9.81. The summed E-state index contributed by atoms with van der Waals surface area (Å²) in [5.74, 6) is -0.378. The van der Waals surface area contributed by atoms with Crippen molar-refractivity contribution in [3.63, 3.8) is 0 Å². The molecule has 112 valence electrons. The summed E-state index contributed by atoms with van der Waals surface area (Å²) in [7, 11) is 1.34. The summed E-state index contributed by atoms with van der Waals surface area (Å²) in [6, 6.07) is 1.80. The molecule has 0 radical (unpaired) electrons. The Morgan fingerprint density at radius 3 is 2.50 bits per heavy atom. The lowest BCUT2D eigenvalue weighted by Crippen LogP contribution is -2.35. The molecule has 7 heteroatoms. The van der Waals surface area contributed by atoms with Gasteiger partial charge in [0.15, 0.2) is 0 Å². The maximum absolute atomic E-state index is 11.6. The van der Waals surface area contributed by atoms with E-state index in [2.05, 4.69) is 10.9 Å². The van der Waals surface area contributed by atoms with E-state index >= 15 is 0 Å². The van der Waals surface area contributed by atoms with E-state index in [1.165, 1.54) is 18.4 Å². The van der Waals surface area contributed by atoms with Crippen LogP contribution in [-0.2, 0) is 15.9 Å². The molecule has 6 nitrogen and oxygen atoms in total. The standard InChI is InChI=1S/C13H20N2O4S/c1-6-8-7-9(20-10(8)11(16)18-5)14-15-12(17)19-13(2,3)4/h7,14H,6H2,1-5H3,(H,15,17). The number of ether oxygens (including phenoxy) is 2. The number of amides is 1. The first-order valence-electron chi connectivity index (χ1n) is 6.23. The fourth-order valence-electron chi connectivity index (χ4n) is 1.43. The summed E-state index contributed by atoms with van der Waals surface area (Å²) in [6.07, 6.45) is 0.123. The van der Waals surface area contributed by atoms with E-state index in [0.717, 1.165) is 5.56 Å². The van der Waals surface area contributed by atoms with Gasteiger partial charge in [0.05, 0.1) is 7.11 Å². The fourth-order valence-corrected chi connectivity index (χ4v) is 2.46. The molecular formula is C13H20N2O4S. The van der Waals surface area contributed by atoms with Gasteiger partial charge >= 0.3 is 12.1 Å². The molecule has 1 heterocycles. The van der Waals surface area contributed by atoms with Crippen LogP contribution >= 0.6 is 11.3 Å². The second-order valence-electron chi connectivity index (χ2n) is 5.06. The summed E-state index contributed by atoms with van der Waals surface area (Å²) in [5.41, 5.74) is 5.46. The van der Waals surface area contributed by atoms with Gasteiger partial charge in [-0.25, -0.2) is 15.0 Å².